The van der Waals surface area contributed by atoms with E-state index in [1.807, 2.05) is 23.8 Å². The highest BCUT2D eigenvalue weighted by molar-refractivity contribution is 9.10. The Hall–Kier alpha value is -0.850. The number of hydrogen-bond acceptors (Lipinski definition) is 3. The van der Waals surface area contributed by atoms with Crippen molar-refractivity contribution < 1.29 is 9.53 Å². The van der Waals surface area contributed by atoms with Gasteiger partial charge in [-0.2, -0.15) is 0 Å². The van der Waals surface area contributed by atoms with Gasteiger partial charge >= 0.3 is 0 Å². The van der Waals surface area contributed by atoms with Crippen LogP contribution in [0, 0.1) is 0 Å². The van der Waals surface area contributed by atoms with Crippen molar-refractivity contribution in [1.82, 2.24) is 14.8 Å². The lowest BCUT2D eigenvalue weighted by Gasteiger charge is -2.40. The molecular weight excluding hydrogens is 334 g/mol. The zero-order valence-electron chi connectivity index (χ0n) is 13.0. The molecule has 1 fully saturated rings. The predicted molar refractivity (Wildman–Crippen MR) is 86.6 cm³/mol. The average Bonchev–Trinajstić information content (AvgIpc) is 2.87. The smallest absolute Gasteiger partial charge is 0.268 e. The maximum atomic E-state index is 12.4. The number of ether oxygens (including phenoxy) is 1. The Bertz CT molecular complexity index is 493. The van der Waals surface area contributed by atoms with Crippen LogP contribution in [0.25, 0.3) is 0 Å². The molecule has 1 saturated heterocycles. The number of aryl methyl sites for hydroxylation is 1. The van der Waals surface area contributed by atoms with E-state index in [-0.39, 0.29) is 11.4 Å². The molecule has 0 unspecified atom stereocenters. The van der Waals surface area contributed by atoms with Gasteiger partial charge in [-0.05, 0) is 42.8 Å². The third-order valence-corrected chi connectivity index (χ3v) is 4.42. The van der Waals surface area contributed by atoms with Gasteiger partial charge in [-0.15, -0.1) is 0 Å². The summed E-state index contributed by atoms with van der Waals surface area (Å²) in [5, 5.41) is 3.06. The lowest BCUT2D eigenvalue weighted by Crippen LogP contribution is -2.55. The molecule has 1 aromatic heterocycles. The normalized spacial score (nSPS) is 17.0. The number of aromatic nitrogens is 1. The van der Waals surface area contributed by atoms with E-state index in [1.54, 1.807) is 0 Å². The third kappa shape index (κ3) is 4.08. The van der Waals surface area contributed by atoms with E-state index in [1.165, 1.54) is 0 Å². The van der Waals surface area contributed by atoms with Crippen LogP contribution < -0.4 is 5.32 Å². The Labute approximate surface area is 134 Å². The van der Waals surface area contributed by atoms with Gasteiger partial charge in [0.05, 0.1) is 13.2 Å². The van der Waals surface area contributed by atoms with Crippen LogP contribution in [0.3, 0.4) is 0 Å². The maximum absolute atomic E-state index is 12.4. The quantitative estimate of drug-likeness (QED) is 0.877. The van der Waals surface area contributed by atoms with Crippen molar-refractivity contribution in [2.45, 2.75) is 32.9 Å². The van der Waals surface area contributed by atoms with Crippen LogP contribution in [0.4, 0.5) is 0 Å². The number of hydrogen-bond donors (Lipinski definition) is 1. The first-order valence-electron chi connectivity index (χ1n) is 7.40. The predicted octanol–water partition coefficient (Wildman–Crippen LogP) is 2.11. The van der Waals surface area contributed by atoms with Gasteiger partial charge in [-0.25, -0.2) is 0 Å². The Morgan fingerprint density at radius 1 is 1.43 bits per heavy atom. The van der Waals surface area contributed by atoms with Crippen LogP contribution >= 0.6 is 15.9 Å². The SMILES string of the molecule is CCn1cc(Br)cc1C(=O)NCC(C)(C)N1CCOCC1. The molecule has 6 heteroatoms. The standard InChI is InChI=1S/C15H24BrN3O2/c1-4-18-10-12(16)9-13(18)14(20)17-11-15(2,3)19-5-7-21-8-6-19/h9-10H,4-8,11H2,1-3H3,(H,17,20). The fourth-order valence-corrected chi connectivity index (χ4v) is 3.06. The zero-order chi connectivity index (χ0) is 15.5. The van der Waals surface area contributed by atoms with Gasteiger partial charge in [-0.1, -0.05) is 0 Å². The van der Waals surface area contributed by atoms with Crippen LogP contribution in [-0.2, 0) is 11.3 Å². The van der Waals surface area contributed by atoms with Crippen molar-refractivity contribution >= 4 is 21.8 Å². The van der Waals surface area contributed by atoms with Crippen molar-refractivity contribution in [1.29, 1.82) is 0 Å². The van der Waals surface area contributed by atoms with Gasteiger partial charge in [0, 0.05) is 42.4 Å². The van der Waals surface area contributed by atoms with Gasteiger partial charge in [0.2, 0.25) is 0 Å². The molecule has 1 aliphatic heterocycles. The minimum atomic E-state index is -0.0691. The molecule has 1 aliphatic rings. The molecule has 0 bridgehead atoms. The Kier molecular flexibility index (Phi) is 5.46. The van der Waals surface area contributed by atoms with Gasteiger partial charge in [-0.3, -0.25) is 9.69 Å². The number of rotatable bonds is 5. The van der Waals surface area contributed by atoms with Crippen LogP contribution in [0.5, 0.6) is 0 Å². The Morgan fingerprint density at radius 2 is 2.10 bits per heavy atom. The van der Waals surface area contributed by atoms with Crippen LogP contribution in [0.1, 0.15) is 31.3 Å². The molecule has 0 radical (unpaired) electrons. The molecule has 2 rings (SSSR count). The number of morpholine rings is 1. The summed E-state index contributed by atoms with van der Waals surface area (Å²) in [4.78, 5) is 14.7. The summed E-state index contributed by atoms with van der Waals surface area (Å²) in [6, 6.07) is 1.86. The second-order valence-electron chi connectivity index (χ2n) is 5.92. The largest absolute Gasteiger partial charge is 0.379 e. The summed E-state index contributed by atoms with van der Waals surface area (Å²) in [5.74, 6) is -0.0242. The van der Waals surface area contributed by atoms with Crippen molar-refractivity contribution in [3.8, 4) is 0 Å². The number of amides is 1. The zero-order valence-corrected chi connectivity index (χ0v) is 14.6. The summed E-state index contributed by atoms with van der Waals surface area (Å²) in [6.07, 6.45) is 1.93. The molecule has 0 aliphatic carbocycles. The second kappa shape index (κ2) is 6.94. The van der Waals surface area contributed by atoms with Gasteiger partial charge in [0.1, 0.15) is 5.69 Å². The molecule has 118 valence electrons. The summed E-state index contributed by atoms with van der Waals surface area (Å²) >= 11 is 3.42. The average molecular weight is 358 g/mol. The number of carbonyl (C=O) groups excluding carboxylic acids is 1. The van der Waals surface area contributed by atoms with Gasteiger partial charge < -0.3 is 14.6 Å². The second-order valence-corrected chi connectivity index (χ2v) is 6.84. The van der Waals surface area contributed by atoms with Gasteiger partial charge in [0.15, 0.2) is 0 Å². The molecule has 0 saturated carbocycles. The maximum Gasteiger partial charge on any atom is 0.268 e. The van der Waals surface area contributed by atoms with E-state index in [4.69, 9.17) is 4.74 Å². The lowest BCUT2D eigenvalue weighted by atomic mass is 10.0. The summed E-state index contributed by atoms with van der Waals surface area (Å²) < 4.78 is 8.26. The minimum absolute atomic E-state index is 0.0242. The molecule has 0 aromatic carbocycles. The Balaban J connectivity index is 1.96. The highest BCUT2D eigenvalue weighted by atomic mass is 79.9. The Morgan fingerprint density at radius 3 is 2.71 bits per heavy atom. The fraction of sp³-hybridized carbons (Fsp3) is 0.667. The van der Waals surface area contributed by atoms with E-state index in [9.17, 15) is 4.79 Å². The molecule has 0 spiro atoms. The number of carbonyl (C=O) groups is 1. The van der Waals surface area contributed by atoms with Crippen molar-refractivity contribution in [3.05, 3.63) is 22.4 Å². The van der Waals surface area contributed by atoms with Crippen molar-refractivity contribution in [2.75, 3.05) is 32.8 Å². The van der Waals surface area contributed by atoms with E-state index >= 15 is 0 Å². The summed E-state index contributed by atoms with van der Waals surface area (Å²) in [5.41, 5.74) is 0.627. The summed E-state index contributed by atoms with van der Waals surface area (Å²) in [7, 11) is 0. The first-order valence-corrected chi connectivity index (χ1v) is 8.20. The number of halogens is 1. The summed E-state index contributed by atoms with van der Waals surface area (Å²) in [6.45, 7) is 11.1. The molecule has 5 nitrogen and oxygen atoms in total. The van der Waals surface area contributed by atoms with E-state index in [0.29, 0.717) is 12.2 Å². The number of nitrogens with one attached hydrogen (secondary N) is 1. The van der Waals surface area contributed by atoms with E-state index in [2.05, 4.69) is 40.0 Å². The number of nitrogens with zero attached hydrogens (tertiary/aromatic N) is 2. The van der Waals surface area contributed by atoms with Crippen LogP contribution in [0.2, 0.25) is 0 Å². The van der Waals surface area contributed by atoms with Crippen LogP contribution in [0.15, 0.2) is 16.7 Å². The molecular formula is C15H24BrN3O2. The van der Waals surface area contributed by atoms with Crippen LogP contribution in [-0.4, -0.2) is 53.8 Å². The highest BCUT2D eigenvalue weighted by Gasteiger charge is 2.29. The molecule has 2 heterocycles. The van der Waals surface area contributed by atoms with Crippen molar-refractivity contribution in [3.63, 3.8) is 0 Å². The monoisotopic (exact) mass is 357 g/mol. The molecule has 0 atom stereocenters. The van der Waals surface area contributed by atoms with Crippen molar-refractivity contribution in [2.24, 2.45) is 0 Å². The first-order chi connectivity index (χ1) is 9.94. The highest BCUT2D eigenvalue weighted by Crippen LogP contribution is 2.17. The molecule has 1 aromatic rings. The van der Waals surface area contributed by atoms with E-state index in [0.717, 1.165) is 37.3 Å². The molecule has 1 amide bonds. The molecule has 1 N–H and O–H groups in total. The lowest BCUT2D eigenvalue weighted by molar-refractivity contribution is -0.00925. The first kappa shape index (κ1) is 16.5. The molecule has 21 heavy (non-hydrogen) atoms. The third-order valence-electron chi connectivity index (χ3n) is 3.99. The topological polar surface area (TPSA) is 46.5 Å². The van der Waals surface area contributed by atoms with E-state index < -0.39 is 0 Å². The minimum Gasteiger partial charge on any atom is -0.379 e. The fourth-order valence-electron chi connectivity index (χ4n) is 2.59. The van der Waals surface area contributed by atoms with Gasteiger partial charge in [0.25, 0.3) is 5.91 Å².